The molecular formula is C16H17N3S. The molecule has 0 spiro atoms. The van der Waals surface area contributed by atoms with E-state index < -0.39 is 0 Å². The van der Waals surface area contributed by atoms with Gasteiger partial charge in [0, 0.05) is 30.6 Å². The van der Waals surface area contributed by atoms with E-state index in [0.717, 1.165) is 24.2 Å². The van der Waals surface area contributed by atoms with Crippen LogP contribution in [0, 0.1) is 0 Å². The van der Waals surface area contributed by atoms with Crippen LogP contribution in [0.4, 0.5) is 0 Å². The Hall–Kier alpha value is -1.78. The highest BCUT2D eigenvalue weighted by Crippen LogP contribution is 2.24. The van der Waals surface area contributed by atoms with Crippen molar-refractivity contribution in [3.63, 3.8) is 0 Å². The maximum absolute atomic E-state index is 4.54. The molecule has 3 rings (SSSR count). The summed E-state index contributed by atoms with van der Waals surface area (Å²) in [6, 6.07) is 10.6. The van der Waals surface area contributed by atoms with Crippen LogP contribution in [-0.4, -0.2) is 16.5 Å². The van der Waals surface area contributed by atoms with Crippen molar-refractivity contribution in [3.05, 3.63) is 59.4 Å². The Morgan fingerprint density at radius 3 is 3.00 bits per heavy atom. The summed E-state index contributed by atoms with van der Waals surface area (Å²) in [7, 11) is 0. The number of aromatic nitrogens is 2. The van der Waals surface area contributed by atoms with Gasteiger partial charge < -0.3 is 5.32 Å². The summed E-state index contributed by atoms with van der Waals surface area (Å²) in [5.41, 5.74) is 3.41. The lowest BCUT2D eigenvalue weighted by atomic mass is 10.0. The molecule has 4 heteroatoms. The molecule has 0 radical (unpaired) electrons. The average Bonchev–Trinajstić information content (AvgIpc) is 2.95. The van der Waals surface area contributed by atoms with Crippen molar-refractivity contribution in [1.82, 2.24) is 15.3 Å². The molecule has 0 aliphatic carbocycles. The normalized spacial score (nSPS) is 12.7. The highest BCUT2D eigenvalue weighted by atomic mass is 32.1. The van der Waals surface area contributed by atoms with Gasteiger partial charge in [0.05, 0.1) is 10.2 Å². The first kappa shape index (κ1) is 13.2. The van der Waals surface area contributed by atoms with Gasteiger partial charge in [-0.05, 0) is 41.8 Å². The fourth-order valence-electron chi connectivity index (χ4n) is 2.33. The molecule has 0 aliphatic rings. The lowest BCUT2D eigenvalue weighted by Gasteiger charge is -2.17. The second-order valence-corrected chi connectivity index (χ2v) is 5.66. The lowest BCUT2D eigenvalue weighted by Crippen LogP contribution is -2.23. The van der Waals surface area contributed by atoms with E-state index in [9.17, 15) is 0 Å². The molecule has 102 valence electrons. The molecule has 0 aliphatic heterocycles. The zero-order valence-electron chi connectivity index (χ0n) is 11.4. The number of pyridine rings is 2. The van der Waals surface area contributed by atoms with Gasteiger partial charge in [-0.2, -0.15) is 0 Å². The second kappa shape index (κ2) is 6.11. The maximum atomic E-state index is 4.54. The second-order valence-electron chi connectivity index (χ2n) is 4.71. The third kappa shape index (κ3) is 2.86. The quantitative estimate of drug-likeness (QED) is 0.777. The Bertz CT molecular complexity index is 678. The van der Waals surface area contributed by atoms with Gasteiger partial charge in [-0.1, -0.05) is 13.0 Å². The number of nitrogens with zero attached hydrogens (tertiary/aromatic N) is 2. The molecule has 0 bridgehead atoms. The smallest absolute Gasteiger partial charge is 0.0809 e. The van der Waals surface area contributed by atoms with Gasteiger partial charge >= 0.3 is 0 Å². The first-order valence-electron chi connectivity index (χ1n) is 6.83. The summed E-state index contributed by atoms with van der Waals surface area (Å²) in [6.07, 6.45) is 4.71. The molecule has 3 aromatic rings. The number of fused-ring (bicyclic) bond motifs is 1. The molecular weight excluding hydrogens is 266 g/mol. The minimum absolute atomic E-state index is 0.258. The minimum atomic E-state index is 0.258. The van der Waals surface area contributed by atoms with E-state index in [0.29, 0.717) is 0 Å². The van der Waals surface area contributed by atoms with Crippen molar-refractivity contribution in [2.24, 2.45) is 0 Å². The maximum Gasteiger partial charge on any atom is 0.0809 e. The van der Waals surface area contributed by atoms with Crippen LogP contribution >= 0.6 is 11.3 Å². The van der Waals surface area contributed by atoms with E-state index in [4.69, 9.17) is 0 Å². The van der Waals surface area contributed by atoms with Gasteiger partial charge in [-0.25, -0.2) is 0 Å². The number of nitrogens with one attached hydrogen (secondary N) is 1. The molecule has 3 nitrogen and oxygen atoms in total. The molecule has 1 N–H and O–H groups in total. The molecule has 0 amide bonds. The fourth-order valence-corrected chi connectivity index (χ4v) is 3.12. The van der Waals surface area contributed by atoms with E-state index in [2.05, 4.69) is 45.8 Å². The summed E-state index contributed by atoms with van der Waals surface area (Å²) in [4.78, 5) is 8.96. The standard InChI is InChI=1S/C16H17N3S/c1-2-17-15(10-13-5-3-4-7-18-13)12-9-16-14(19-11-12)6-8-20-16/h3-9,11,15,17H,2,10H2,1H3. The fraction of sp³-hybridized carbons (Fsp3) is 0.250. The summed E-state index contributed by atoms with van der Waals surface area (Å²) in [5.74, 6) is 0. The van der Waals surface area contributed by atoms with Crippen LogP contribution in [0.2, 0.25) is 0 Å². The molecule has 3 heterocycles. The minimum Gasteiger partial charge on any atom is -0.310 e. The van der Waals surface area contributed by atoms with Crippen LogP contribution in [0.3, 0.4) is 0 Å². The third-order valence-electron chi connectivity index (χ3n) is 3.32. The van der Waals surface area contributed by atoms with E-state index in [1.807, 2.05) is 24.5 Å². The van der Waals surface area contributed by atoms with Gasteiger partial charge in [0.25, 0.3) is 0 Å². The highest BCUT2D eigenvalue weighted by molar-refractivity contribution is 7.17. The molecule has 0 saturated heterocycles. The Morgan fingerprint density at radius 2 is 2.20 bits per heavy atom. The van der Waals surface area contributed by atoms with Gasteiger partial charge in [0.1, 0.15) is 0 Å². The number of hydrogen-bond donors (Lipinski definition) is 1. The topological polar surface area (TPSA) is 37.8 Å². The van der Waals surface area contributed by atoms with Crippen LogP contribution in [0.5, 0.6) is 0 Å². The summed E-state index contributed by atoms with van der Waals surface area (Å²) < 4.78 is 1.24. The summed E-state index contributed by atoms with van der Waals surface area (Å²) >= 11 is 1.74. The van der Waals surface area contributed by atoms with Crippen LogP contribution < -0.4 is 5.32 Å². The Labute approximate surface area is 122 Å². The molecule has 0 fully saturated rings. The highest BCUT2D eigenvalue weighted by Gasteiger charge is 2.13. The summed E-state index contributed by atoms with van der Waals surface area (Å²) in [6.45, 7) is 3.06. The van der Waals surface area contributed by atoms with Crippen molar-refractivity contribution >= 4 is 21.6 Å². The monoisotopic (exact) mass is 283 g/mol. The molecule has 1 atom stereocenters. The number of likely N-dealkylation sites (N-methyl/N-ethyl adjacent to an activating group) is 1. The number of rotatable bonds is 5. The first-order valence-corrected chi connectivity index (χ1v) is 7.71. The largest absolute Gasteiger partial charge is 0.310 e. The molecule has 20 heavy (non-hydrogen) atoms. The summed E-state index contributed by atoms with van der Waals surface area (Å²) in [5, 5.41) is 5.61. The third-order valence-corrected chi connectivity index (χ3v) is 4.17. The first-order chi connectivity index (χ1) is 9.86. The molecule has 1 unspecified atom stereocenters. The van der Waals surface area contributed by atoms with Crippen molar-refractivity contribution in [3.8, 4) is 0 Å². The SMILES string of the molecule is CCNC(Cc1ccccn1)c1cnc2ccsc2c1. The van der Waals surface area contributed by atoms with Crippen LogP contribution in [0.1, 0.15) is 24.2 Å². The van der Waals surface area contributed by atoms with Crippen molar-refractivity contribution in [2.75, 3.05) is 6.54 Å². The van der Waals surface area contributed by atoms with Gasteiger partial charge in [-0.3, -0.25) is 9.97 Å². The molecule has 0 saturated carbocycles. The molecule has 0 aromatic carbocycles. The van der Waals surface area contributed by atoms with E-state index in [1.54, 1.807) is 11.3 Å². The van der Waals surface area contributed by atoms with E-state index in [1.165, 1.54) is 10.3 Å². The predicted octanol–water partition coefficient (Wildman–Crippen LogP) is 3.58. The van der Waals surface area contributed by atoms with Gasteiger partial charge in [-0.15, -0.1) is 11.3 Å². The lowest BCUT2D eigenvalue weighted by molar-refractivity contribution is 0.543. The molecule has 3 aromatic heterocycles. The Balaban J connectivity index is 1.89. The van der Waals surface area contributed by atoms with E-state index in [-0.39, 0.29) is 6.04 Å². The van der Waals surface area contributed by atoms with Gasteiger partial charge in [0.2, 0.25) is 0 Å². The zero-order valence-corrected chi connectivity index (χ0v) is 12.2. The van der Waals surface area contributed by atoms with Crippen molar-refractivity contribution in [1.29, 1.82) is 0 Å². The van der Waals surface area contributed by atoms with Crippen molar-refractivity contribution in [2.45, 2.75) is 19.4 Å². The zero-order chi connectivity index (χ0) is 13.8. The van der Waals surface area contributed by atoms with Crippen LogP contribution in [0.25, 0.3) is 10.2 Å². The van der Waals surface area contributed by atoms with Gasteiger partial charge in [0.15, 0.2) is 0 Å². The Kier molecular flexibility index (Phi) is 4.04. The van der Waals surface area contributed by atoms with Crippen molar-refractivity contribution < 1.29 is 0 Å². The van der Waals surface area contributed by atoms with E-state index >= 15 is 0 Å². The van der Waals surface area contributed by atoms with Crippen LogP contribution in [0.15, 0.2) is 48.1 Å². The average molecular weight is 283 g/mol. The number of hydrogen-bond acceptors (Lipinski definition) is 4. The predicted molar refractivity (Wildman–Crippen MR) is 84.0 cm³/mol. The number of thiophene rings is 1. The Morgan fingerprint density at radius 1 is 1.25 bits per heavy atom. The van der Waals surface area contributed by atoms with Crippen LogP contribution in [-0.2, 0) is 6.42 Å².